The van der Waals surface area contributed by atoms with Gasteiger partial charge in [0.05, 0.1) is 6.61 Å². The number of fused-ring (bicyclic) bond motifs is 1. The van der Waals surface area contributed by atoms with E-state index in [4.69, 9.17) is 9.16 Å². The molecule has 3 rings (SSSR count). The number of ether oxygens (including phenoxy) is 1. The summed E-state index contributed by atoms with van der Waals surface area (Å²) < 4.78 is 12.8. The van der Waals surface area contributed by atoms with Gasteiger partial charge < -0.3 is 9.16 Å². The molecule has 1 heterocycles. The van der Waals surface area contributed by atoms with Gasteiger partial charge in [0.2, 0.25) is 8.32 Å². The second kappa shape index (κ2) is 6.90. The fraction of sp³-hybridized carbons (Fsp3) is 0.538. The molecule has 0 aliphatic carbocycles. The fourth-order valence-electron chi connectivity index (χ4n) is 3.71. The molecule has 0 bridgehead atoms. The van der Waals surface area contributed by atoms with Crippen LogP contribution in [0.4, 0.5) is 0 Å². The van der Waals surface area contributed by atoms with Crippen molar-refractivity contribution < 1.29 is 9.16 Å². The van der Waals surface area contributed by atoms with Crippen molar-refractivity contribution in [3.8, 4) is 5.75 Å². The molecule has 0 unspecified atom stereocenters. The van der Waals surface area contributed by atoms with E-state index >= 15 is 0 Å². The van der Waals surface area contributed by atoms with Crippen LogP contribution in [0.1, 0.15) is 61.0 Å². The summed E-state index contributed by atoms with van der Waals surface area (Å²) in [6.45, 7) is 23.4. The average Bonchev–Trinajstić information content (AvgIpc) is 2.88. The van der Waals surface area contributed by atoms with Crippen LogP contribution in [0.5, 0.6) is 5.75 Å². The zero-order valence-electron chi connectivity index (χ0n) is 20.0. The average molecular weight is 411 g/mol. The van der Waals surface area contributed by atoms with E-state index in [-0.39, 0.29) is 15.9 Å². The van der Waals surface area contributed by atoms with Gasteiger partial charge in [0.15, 0.2) is 0 Å². The molecule has 0 saturated heterocycles. The molecule has 0 fully saturated rings. The van der Waals surface area contributed by atoms with Crippen LogP contribution < -0.4 is 4.43 Å². The van der Waals surface area contributed by atoms with Crippen molar-refractivity contribution in [2.45, 2.75) is 73.5 Å². The largest absolute Gasteiger partial charge is 0.543 e. The van der Waals surface area contributed by atoms with Crippen molar-refractivity contribution >= 4 is 24.7 Å². The molecular weight excluding hydrogens is 372 g/mol. The Labute approximate surface area is 178 Å². The lowest BCUT2D eigenvalue weighted by atomic mass is 9.77. The van der Waals surface area contributed by atoms with Crippen LogP contribution in [0, 0.1) is 10.8 Å². The summed E-state index contributed by atoms with van der Waals surface area (Å²) in [6.07, 6.45) is 0. The van der Waals surface area contributed by atoms with E-state index in [9.17, 15) is 0 Å². The number of hydrogen-bond donors (Lipinski definition) is 0. The van der Waals surface area contributed by atoms with Crippen molar-refractivity contribution in [3.05, 3.63) is 47.7 Å². The van der Waals surface area contributed by atoms with Crippen molar-refractivity contribution in [3.63, 3.8) is 0 Å². The first kappa shape index (κ1) is 22.0. The van der Waals surface area contributed by atoms with E-state index in [1.54, 1.807) is 0 Å². The monoisotopic (exact) mass is 410 g/mol. The Morgan fingerprint density at radius 3 is 2.10 bits per heavy atom. The molecule has 3 heteroatoms. The van der Waals surface area contributed by atoms with E-state index in [1.807, 2.05) is 0 Å². The maximum Gasteiger partial charge on any atom is 0.250 e. The summed E-state index contributed by atoms with van der Waals surface area (Å²) in [4.78, 5) is 0. The first-order valence-electron chi connectivity index (χ1n) is 10.7. The van der Waals surface area contributed by atoms with Crippen LogP contribution in [0.3, 0.4) is 0 Å². The molecule has 2 nitrogen and oxygen atoms in total. The molecule has 0 atom stereocenters. The van der Waals surface area contributed by atoms with Crippen LogP contribution in [-0.4, -0.2) is 14.9 Å². The van der Waals surface area contributed by atoms with Gasteiger partial charge in [-0.1, -0.05) is 73.6 Å². The highest BCUT2D eigenvalue weighted by atomic mass is 28.4. The maximum atomic E-state index is 6.56. The Hall–Kier alpha value is -1.74. The van der Waals surface area contributed by atoms with E-state index in [0.717, 1.165) is 18.1 Å². The van der Waals surface area contributed by atoms with Gasteiger partial charge >= 0.3 is 0 Å². The van der Waals surface area contributed by atoms with Crippen LogP contribution >= 0.6 is 0 Å². The maximum absolute atomic E-state index is 6.56. The Morgan fingerprint density at radius 1 is 0.897 bits per heavy atom. The van der Waals surface area contributed by atoms with Crippen LogP contribution in [0.25, 0.3) is 16.3 Å². The highest BCUT2D eigenvalue weighted by Gasteiger charge is 2.40. The third kappa shape index (κ3) is 4.26. The Bertz CT molecular complexity index is 953. The van der Waals surface area contributed by atoms with Crippen molar-refractivity contribution in [1.29, 1.82) is 0 Å². The zero-order chi connectivity index (χ0) is 21.8. The van der Waals surface area contributed by atoms with Gasteiger partial charge in [-0.25, -0.2) is 0 Å². The summed E-state index contributed by atoms with van der Waals surface area (Å²) in [5, 5.41) is 2.65. The van der Waals surface area contributed by atoms with Gasteiger partial charge in [0.1, 0.15) is 11.5 Å². The first-order chi connectivity index (χ1) is 13.1. The van der Waals surface area contributed by atoms with Gasteiger partial charge in [-0.2, -0.15) is 0 Å². The summed E-state index contributed by atoms with van der Waals surface area (Å²) in [6, 6.07) is 13.3. The molecule has 0 amide bonds. The quantitative estimate of drug-likeness (QED) is 0.477. The van der Waals surface area contributed by atoms with Gasteiger partial charge in [-0.15, -0.1) is 0 Å². The Kier molecular flexibility index (Phi) is 5.23. The van der Waals surface area contributed by atoms with E-state index < -0.39 is 8.32 Å². The topological polar surface area (TPSA) is 18.5 Å². The minimum Gasteiger partial charge on any atom is -0.543 e. The Morgan fingerprint density at radius 2 is 1.52 bits per heavy atom. The Balaban J connectivity index is 2.08. The molecule has 2 aromatic carbocycles. The highest BCUT2D eigenvalue weighted by Crippen LogP contribution is 2.49. The summed E-state index contributed by atoms with van der Waals surface area (Å²) in [7, 11) is -1.86. The molecule has 1 aliphatic rings. The molecule has 2 aromatic rings. The smallest absolute Gasteiger partial charge is 0.250 e. The minimum atomic E-state index is -1.86. The molecule has 0 radical (unpaired) electrons. The summed E-state index contributed by atoms with van der Waals surface area (Å²) in [5.41, 5.74) is 2.59. The second-order valence-corrected chi connectivity index (χ2v) is 16.4. The summed E-state index contributed by atoms with van der Waals surface area (Å²) >= 11 is 0. The number of hydrogen-bond acceptors (Lipinski definition) is 2. The van der Waals surface area contributed by atoms with Crippen LogP contribution in [0.15, 0.2) is 42.2 Å². The van der Waals surface area contributed by atoms with Gasteiger partial charge in [0, 0.05) is 16.4 Å². The molecule has 158 valence electrons. The molecule has 29 heavy (non-hydrogen) atoms. The van der Waals surface area contributed by atoms with E-state index in [0.29, 0.717) is 0 Å². The standard InChI is InChI=1S/C26H38O2Si/c1-24(2,3)23-22(26(7,8)17-27-23)19-12-11-18-13-14-21(16-20(18)15-19)28-29(9,10)25(4,5)6/h11-16H,17H2,1-10H3. The van der Waals surface area contributed by atoms with Gasteiger partial charge in [0.25, 0.3) is 0 Å². The number of rotatable bonds is 3. The van der Waals surface area contributed by atoms with E-state index in [1.165, 1.54) is 21.9 Å². The van der Waals surface area contributed by atoms with Gasteiger partial charge in [-0.05, 0) is 52.7 Å². The normalized spacial score (nSPS) is 17.6. The van der Waals surface area contributed by atoms with Crippen LogP contribution in [-0.2, 0) is 4.74 Å². The SMILES string of the molecule is CC(C)(C)C1=C(c2ccc3ccc(O[Si](C)(C)C(C)(C)C)cc3c2)C(C)(C)CO1. The lowest BCUT2D eigenvalue weighted by Gasteiger charge is -2.36. The zero-order valence-corrected chi connectivity index (χ0v) is 21.0. The summed E-state index contributed by atoms with van der Waals surface area (Å²) in [5.74, 6) is 2.10. The lowest BCUT2D eigenvalue weighted by molar-refractivity contribution is 0.144. The molecule has 0 saturated carbocycles. The minimum absolute atomic E-state index is 0.00550. The third-order valence-corrected chi connectivity index (χ3v) is 10.8. The molecule has 0 aromatic heterocycles. The van der Waals surface area contributed by atoms with Crippen LogP contribution in [0.2, 0.25) is 18.1 Å². The van der Waals surface area contributed by atoms with Crippen molar-refractivity contribution in [2.24, 2.45) is 10.8 Å². The van der Waals surface area contributed by atoms with Crippen molar-refractivity contribution in [2.75, 3.05) is 6.61 Å². The second-order valence-electron chi connectivity index (χ2n) is 11.7. The van der Waals surface area contributed by atoms with Gasteiger partial charge in [-0.3, -0.25) is 0 Å². The lowest BCUT2D eigenvalue weighted by Crippen LogP contribution is -2.43. The number of benzene rings is 2. The predicted octanol–water partition coefficient (Wildman–Crippen LogP) is 8.04. The highest BCUT2D eigenvalue weighted by molar-refractivity contribution is 6.74. The first-order valence-corrected chi connectivity index (χ1v) is 13.6. The molecule has 0 spiro atoms. The van der Waals surface area contributed by atoms with Crippen molar-refractivity contribution in [1.82, 2.24) is 0 Å². The molecule has 1 aliphatic heterocycles. The third-order valence-electron chi connectivity index (χ3n) is 6.44. The van der Waals surface area contributed by atoms with E-state index in [2.05, 4.69) is 105 Å². The molecular formula is C26H38O2Si. The number of allylic oxidation sites excluding steroid dienone is 1. The predicted molar refractivity (Wildman–Crippen MR) is 128 cm³/mol. The fourth-order valence-corrected chi connectivity index (χ4v) is 4.73. The molecule has 0 N–H and O–H groups in total.